The first kappa shape index (κ1) is 10.9. The maximum Gasteiger partial charge on any atom is 0.453 e. The second-order valence-electron chi connectivity index (χ2n) is 2.75. The van der Waals surface area contributed by atoms with Crippen LogP contribution in [0.15, 0.2) is 0 Å². The Morgan fingerprint density at radius 3 is 2.43 bits per heavy atom. The Morgan fingerprint density at radius 1 is 1.36 bits per heavy atom. The van der Waals surface area contributed by atoms with Crippen molar-refractivity contribution in [1.82, 2.24) is 14.8 Å². The summed E-state index contributed by atoms with van der Waals surface area (Å²) >= 11 is 0. The molecule has 0 saturated heterocycles. The molecule has 0 aliphatic heterocycles. The van der Waals surface area contributed by atoms with Crippen molar-refractivity contribution in [2.45, 2.75) is 26.1 Å². The highest BCUT2D eigenvalue weighted by Crippen LogP contribution is 2.26. The van der Waals surface area contributed by atoms with Gasteiger partial charge in [-0.15, -0.1) is 5.10 Å². The zero-order valence-electron chi connectivity index (χ0n) is 7.47. The van der Waals surface area contributed by atoms with Gasteiger partial charge in [0.2, 0.25) is 0 Å². The average Bonchev–Trinajstić information content (AvgIpc) is 2.43. The lowest BCUT2D eigenvalue weighted by molar-refractivity contribution is -0.145. The van der Waals surface area contributed by atoms with Crippen LogP contribution in [0.4, 0.5) is 17.6 Å². The van der Waals surface area contributed by atoms with Crippen LogP contribution in [0.5, 0.6) is 0 Å². The standard InChI is InChI=1S/C7H9F4N3/c1-5-12-6(7(9,10)11)13-14(5)4-2-3-8/h2-4H2,1H3. The summed E-state index contributed by atoms with van der Waals surface area (Å²) in [6.07, 6.45) is -4.40. The van der Waals surface area contributed by atoms with E-state index in [2.05, 4.69) is 10.1 Å². The van der Waals surface area contributed by atoms with Gasteiger partial charge in [-0.25, -0.2) is 9.67 Å². The van der Waals surface area contributed by atoms with Gasteiger partial charge in [0.05, 0.1) is 6.67 Å². The Balaban J connectivity index is 2.82. The molecule has 1 aromatic rings. The Bertz CT molecular complexity index is 304. The fraction of sp³-hybridized carbons (Fsp3) is 0.714. The van der Waals surface area contributed by atoms with Crippen LogP contribution < -0.4 is 0 Å². The van der Waals surface area contributed by atoms with Crippen LogP contribution in [-0.4, -0.2) is 21.4 Å². The third-order valence-corrected chi connectivity index (χ3v) is 1.61. The fourth-order valence-electron chi connectivity index (χ4n) is 0.961. The summed E-state index contributed by atoms with van der Waals surface area (Å²) < 4.78 is 49.1. The highest BCUT2D eigenvalue weighted by Gasteiger charge is 2.36. The third-order valence-electron chi connectivity index (χ3n) is 1.61. The maximum atomic E-state index is 12.1. The van der Waals surface area contributed by atoms with E-state index in [0.29, 0.717) is 0 Å². The summed E-state index contributed by atoms with van der Waals surface area (Å²) in [5.41, 5.74) is 0. The Labute approximate surface area is 77.7 Å². The zero-order chi connectivity index (χ0) is 10.8. The van der Waals surface area contributed by atoms with E-state index in [9.17, 15) is 17.6 Å². The molecule has 0 saturated carbocycles. The van der Waals surface area contributed by atoms with Gasteiger partial charge in [0, 0.05) is 6.54 Å². The van der Waals surface area contributed by atoms with Crippen LogP contribution in [0, 0.1) is 6.92 Å². The van der Waals surface area contributed by atoms with Gasteiger partial charge in [-0.05, 0) is 13.3 Å². The van der Waals surface area contributed by atoms with Crippen LogP contribution in [0.1, 0.15) is 18.1 Å². The van der Waals surface area contributed by atoms with Gasteiger partial charge < -0.3 is 0 Å². The molecular formula is C7H9F4N3. The van der Waals surface area contributed by atoms with Gasteiger partial charge in [0.15, 0.2) is 0 Å². The number of hydrogen-bond donors (Lipinski definition) is 0. The van der Waals surface area contributed by atoms with E-state index in [4.69, 9.17) is 0 Å². The van der Waals surface area contributed by atoms with Crippen molar-refractivity contribution in [1.29, 1.82) is 0 Å². The minimum Gasteiger partial charge on any atom is -0.251 e. The summed E-state index contributed by atoms with van der Waals surface area (Å²) in [6.45, 7) is 0.937. The molecule has 1 aromatic heterocycles. The first-order valence-electron chi connectivity index (χ1n) is 3.99. The molecule has 0 bridgehead atoms. The first-order valence-corrected chi connectivity index (χ1v) is 3.99. The van der Waals surface area contributed by atoms with Crippen molar-refractivity contribution in [3.63, 3.8) is 0 Å². The van der Waals surface area contributed by atoms with Gasteiger partial charge in [-0.2, -0.15) is 13.2 Å². The van der Waals surface area contributed by atoms with E-state index in [0.717, 1.165) is 4.68 Å². The molecule has 1 rings (SSSR count). The van der Waals surface area contributed by atoms with Gasteiger partial charge in [0.1, 0.15) is 5.82 Å². The van der Waals surface area contributed by atoms with E-state index >= 15 is 0 Å². The number of halogens is 4. The van der Waals surface area contributed by atoms with E-state index in [-0.39, 0.29) is 18.8 Å². The minimum absolute atomic E-state index is 0.116. The Morgan fingerprint density at radius 2 is 2.00 bits per heavy atom. The van der Waals surface area contributed by atoms with E-state index in [1.165, 1.54) is 6.92 Å². The molecule has 1 heterocycles. The maximum absolute atomic E-state index is 12.1. The number of hydrogen-bond acceptors (Lipinski definition) is 2. The van der Waals surface area contributed by atoms with Crippen molar-refractivity contribution < 1.29 is 17.6 Å². The number of aryl methyl sites for hydroxylation is 2. The monoisotopic (exact) mass is 211 g/mol. The third kappa shape index (κ3) is 2.43. The van der Waals surface area contributed by atoms with Crippen LogP contribution >= 0.6 is 0 Å². The molecule has 3 nitrogen and oxygen atoms in total. The quantitative estimate of drug-likeness (QED) is 0.715. The van der Waals surface area contributed by atoms with E-state index in [1.54, 1.807) is 0 Å². The number of aromatic nitrogens is 3. The predicted octanol–water partition coefficient (Wildman–Crippen LogP) is 1.96. The highest BCUT2D eigenvalue weighted by molar-refractivity contribution is 4.94. The molecule has 14 heavy (non-hydrogen) atoms. The number of rotatable bonds is 3. The van der Waals surface area contributed by atoms with Crippen molar-refractivity contribution in [2.75, 3.05) is 6.67 Å². The minimum atomic E-state index is -4.54. The molecule has 0 N–H and O–H groups in total. The lowest BCUT2D eigenvalue weighted by atomic mass is 10.5. The average molecular weight is 211 g/mol. The largest absolute Gasteiger partial charge is 0.453 e. The number of alkyl halides is 4. The summed E-state index contributed by atoms with van der Waals surface area (Å²) in [5, 5.41) is 3.23. The van der Waals surface area contributed by atoms with E-state index < -0.39 is 18.7 Å². The van der Waals surface area contributed by atoms with Crippen LogP contribution in [0.25, 0.3) is 0 Å². The topological polar surface area (TPSA) is 30.7 Å². The summed E-state index contributed by atoms with van der Waals surface area (Å²) in [5.74, 6) is -1.03. The molecule has 0 aromatic carbocycles. The molecule has 0 amide bonds. The van der Waals surface area contributed by atoms with Gasteiger partial charge in [-0.1, -0.05) is 0 Å². The lowest BCUT2D eigenvalue weighted by Gasteiger charge is -2.00. The molecule has 0 fully saturated rings. The molecule has 80 valence electrons. The summed E-state index contributed by atoms with van der Waals surface area (Å²) in [6, 6.07) is 0. The molecule has 0 spiro atoms. The predicted molar refractivity (Wildman–Crippen MR) is 40.4 cm³/mol. The normalized spacial score (nSPS) is 12.1. The fourth-order valence-corrected chi connectivity index (χ4v) is 0.961. The van der Waals surface area contributed by atoms with Gasteiger partial charge in [0.25, 0.3) is 5.82 Å². The molecule has 0 atom stereocenters. The van der Waals surface area contributed by atoms with Crippen LogP contribution in [0.3, 0.4) is 0 Å². The van der Waals surface area contributed by atoms with E-state index in [1.807, 2.05) is 0 Å². The Hall–Kier alpha value is -1.14. The van der Waals surface area contributed by atoms with Crippen molar-refractivity contribution in [3.05, 3.63) is 11.6 Å². The lowest BCUT2D eigenvalue weighted by Crippen LogP contribution is -2.09. The molecule has 7 heteroatoms. The molecule has 0 radical (unpaired) electrons. The van der Waals surface area contributed by atoms with Crippen molar-refractivity contribution >= 4 is 0 Å². The first-order chi connectivity index (χ1) is 6.45. The van der Waals surface area contributed by atoms with Gasteiger partial charge >= 0.3 is 6.18 Å². The van der Waals surface area contributed by atoms with Crippen molar-refractivity contribution in [2.24, 2.45) is 0 Å². The molecule has 0 aliphatic rings. The summed E-state index contributed by atoms with van der Waals surface area (Å²) in [4.78, 5) is 3.24. The number of nitrogens with zero attached hydrogens (tertiary/aromatic N) is 3. The SMILES string of the molecule is Cc1nc(C(F)(F)F)nn1CCCF. The smallest absolute Gasteiger partial charge is 0.251 e. The second-order valence-corrected chi connectivity index (χ2v) is 2.75. The molecule has 0 aliphatic carbocycles. The highest BCUT2D eigenvalue weighted by atomic mass is 19.4. The Kier molecular flexibility index (Phi) is 3.07. The van der Waals surface area contributed by atoms with Crippen LogP contribution in [0.2, 0.25) is 0 Å². The molecular weight excluding hydrogens is 202 g/mol. The van der Waals surface area contributed by atoms with Gasteiger partial charge in [-0.3, -0.25) is 4.39 Å². The van der Waals surface area contributed by atoms with Crippen molar-refractivity contribution in [3.8, 4) is 0 Å². The van der Waals surface area contributed by atoms with Crippen LogP contribution in [-0.2, 0) is 12.7 Å². The zero-order valence-corrected chi connectivity index (χ0v) is 7.47. The second kappa shape index (κ2) is 3.93. The summed E-state index contributed by atoms with van der Waals surface area (Å²) in [7, 11) is 0. The molecule has 0 unspecified atom stereocenters.